The molecule has 0 radical (unpaired) electrons. The molecule has 1 aromatic rings. The SMILES string of the molecule is CC1(C)CN(Cc2cc(F)cc(/C(N)=N/O)c2)CCS1. The fraction of sp³-hybridized carbons (Fsp3) is 0.500. The van der Waals surface area contributed by atoms with Crippen LogP contribution in [0.15, 0.2) is 23.4 Å². The largest absolute Gasteiger partial charge is 0.409 e. The van der Waals surface area contributed by atoms with E-state index in [9.17, 15) is 4.39 Å². The molecule has 3 N–H and O–H groups in total. The summed E-state index contributed by atoms with van der Waals surface area (Å²) in [6.07, 6.45) is 0. The van der Waals surface area contributed by atoms with Gasteiger partial charge < -0.3 is 10.9 Å². The molecule has 1 heterocycles. The monoisotopic (exact) mass is 297 g/mol. The van der Waals surface area contributed by atoms with E-state index in [4.69, 9.17) is 10.9 Å². The predicted molar refractivity (Wildman–Crippen MR) is 80.7 cm³/mol. The van der Waals surface area contributed by atoms with E-state index in [1.807, 2.05) is 11.8 Å². The summed E-state index contributed by atoms with van der Waals surface area (Å²) in [5.41, 5.74) is 6.78. The average Bonchev–Trinajstić information content (AvgIpc) is 2.35. The normalized spacial score (nSPS) is 20.1. The van der Waals surface area contributed by atoms with Gasteiger partial charge in [0.25, 0.3) is 0 Å². The first-order chi connectivity index (χ1) is 9.39. The van der Waals surface area contributed by atoms with Crippen LogP contribution >= 0.6 is 11.8 Å². The average molecular weight is 297 g/mol. The molecule has 1 aliphatic heterocycles. The van der Waals surface area contributed by atoms with Crippen LogP contribution < -0.4 is 5.73 Å². The zero-order chi connectivity index (χ0) is 14.8. The van der Waals surface area contributed by atoms with Crippen molar-refractivity contribution < 1.29 is 9.60 Å². The zero-order valence-corrected chi connectivity index (χ0v) is 12.6. The van der Waals surface area contributed by atoms with Crippen LogP contribution in [0.4, 0.5) is 4.39 Å². The highest BCUT2D eigenvalue weighted by Crippen LogP contribution is 2.30. The number of nitrogens with two attached hydrogens (primary N) is 1. The molecule has 0 atom stereocenters. The number of hydrogen-bond donors (Lipinski definition) is 2. The van der Waals surface area contributed by atoms with Crippen molar-refractivity contribution >= 4 is 17.6 Å². The predicted octanol–water partition coefficient (Wildman–Crippen LogP) is 2.25. The van der Waals surface area contributed by atoms with Crippen molar-refractivity contribution in [1.29, 1.82) is 0 Å². The van der Waals surface area contributed by atoms with E-state index in [-0.39, 0.29) is 16.4 Å². The molecule has 110 valence electrons. The fourth-order valence-electron chi connectivity index (χ4n) is 2.45. The first-order valence-electron chi connectivity index (χ1n) is 6.53. The number of thioether (sulfide) groups is 1. The molecular formula is C14H20FN3OS. The Kier molecular flexibility index (Phi) is 4.55. The zero-order valence-electron chi connectivity index (χ0n) is 11.8. The van der Waals surface area contributed by atoms with Gasteiger partial charge >= 0.3 is 0 Å². The minimum atomic E-state index is -0.366. The van der Waals surface area contributed by atoms with Gasteiger partial charge in [-0.2, -0.15) is 11.8 Å². The van der Waals surface area contributed by atoms with E-state index in [0.29, 0.717) is 12.1 Å². The molecular weight excluding hydrogens is 277 g/mol. The van der Waals surface area contributed by atoms with Crippen molar-refractivity contribution in [2.45, 2.75) is 25.1 Å². The van der Waals surface area contributed by atoms with E-state index in [1.165, 1.54) is 12.1 Å². The molecule has 6 heteroatoms. The molecule has 0 aromatic heterocycles. The lowest BCUT2D eigenvalue weighted by Gasteiger charge is -2.37. The number of amidine groups is 1. The quantitative estimate of drug-likeness (QED) is 0.389. The van der Waals surface area contributed by atoms with Gasteiger partial charge in [-0.25, -0.2) is 4.39 Å². The van der Waals surface area contributed by atoms with Crippen LogP contribution in [-0.2, 0) is 6.54 Å². The molecule has 1 saturated heterocycles. The summed E-state index contributed by atoms with van der Waals surface area (Å²) in [5.74, 6) is 0.644. The second-order valence-corrected chi connectivity index (χ2v) is 7.45. The number of rotatable bonds is 3. The molecule has 20 heavy (non-hydrogen) atoms. The van der Waals surface area contributed by atoms with E-state index < -0.39 is 0 Å². The smallest absolute Gasteiger partial charge is 0.170 e. The van der Waals surface area contributed by atoms with Crippen LogP contribution in [0.2, 0.25) is 0 Å². The van der Waals surface area contributed by atoms with E-state index in [2.05, 4.69) is 23.9 Å². The molecule has 0 saturated carbocycles. The van der Waals surface area contributed by atoms with Crippen molar-refractivity contribution in [3.63, 3.8) is 0 Å². The van der Waals surface area contributed by atoms with Gasteiger partial charge in [-0.1, -0.05) is 5.16 Å². The van der Waals surface area contributed by atoms with Crippen molar-refractivity contribution in [2.75, 3.05) is 18.8 Å². The van der Waals surface area contributed by atoms with E-state index >= 15 is 0 Å². The highest BCUT2D eigenvalue weighted by Gasteiger charge is 2.26. The third-order valence-electron chi connectivity index (χ3n) is 3.27. The molecule has 1 fully saturated rings. The summed E-state index contributed by atoms with van der Waals surface area (Å²) in [6, 6.07) is 4.55. The Morgan fingerprint density at radius 2 is 2.25 bits per heavy atom. The van der Waals surface area contributed by atoms with E-state index in [1.54, 1.807) is 6.07 Å². The topological polar surface area (TPSA) is 61.8 Å². The minimum absolute atomic E-state index is 0.0692. The fourth-order valence-corrected chi connectivity index (χ4v) is 3.63. The first kappa shape index (κ1) is 15.1. The van der Waals surface area contributed by atoms with Crippen molar-refractivity contribution in [1.82, 2.24) is 4.90 Å². The number of nitrogens with zero attached hydrogens (tertiary/aromatic N) is 2. The van der Waals surface area contributed by atoms with E-state index in [0.717, 1.165) is 24.4 Å². The Balaban J connectivity index is 2.15. The Morgan fingerprint density at radius 3 is 2.90 bits per heavy atom. The second-order valence-electron chi connectivity index (χ2n) is 5.65. The van der Waals surface area contributed by atoms with Crippen LogP contribution in [0, 0.1) is 5.82 Å². The highest BCUT2D eigenvalue weighted by molar-refractivity contribution is 8.00. The molecule has 0 unspecified atom stereocenters. The van der Waals surface area contributed by atoms with Gasteiger partial charge in [0.2, 0.25) is 0 Å². The standard InChI is InChI=1S/C14H20FN3OS/c1-14(2)9-18(3-4-20-14)8-10-5-11(13(16)17-19)7-12(15)6-10/h5-7,19H,3-4,8-9H2,1-2H3,(H2,16,17). The maximum absolute atomic E-state index is 13.6. The Hall–Kier alpha value is -1.27. The lowest BCUT2D eigenvalue weighted by Crippen LogP contribution is -2.42. The van der Waals surface area contributed by atoms with Gasteiger partial charge in [0.15, 0.2) is 5.84 Å². The Labute approximate surface area is 122 Å². The third-order valence-corrected chi connectivity index (χ3v) is 4.57. The Bertz CT molecular complexity index is 519. The van der Waals surface area contributed by atoms with Gasteiger partial charge in [-0.3, -0.25) is 4.90 Å². The van der Waals surface area contributed by atoms with Crippen LogP contribution in [0.3, 0.4) is 0 Å². The molecule has 0 amide bonds. The molecule has 0 spiro atoms. The van der Waals surface area contributed by atoms with Gasteiger partial charge in [-0.05, 0) is 37.6 Å². The highest BCUT2D eigenvalue weighted by atomic mass is 32.2. The summed E-state index contributed by atoms with van der Waals surface area (Å²) in [6.45, 7) is 7.07. The number of halogens is 1. The maximum atomic E-state index is 13.6. The Morgan fingerprint density at radius 1 is 1.50 bits per heavy atom. The first-order valence-corrected chi connectivity index (χ1v) is 7.52. The minimum Gasteiger partial charge on any atom is -0.409 e. The lowest BCUT2D eigenvalue weighted by molar-refractivity contribution is 0.252. The van der Waals surface area contributed by atoms with Crippen LogP contribution in [0.25, 0.3) is 0 Å². The van der Waals surface area contributed by atoms with Crippen LogP contribution in [0.5, 0.6) is 0 Å². The summed E-state index contributed by atoms with van der Waals surface area (Å²) < 4.78 is 13.8. The molecule has 1 aromatic carbocycles. The van der Waals surface area contributed by atoms with Crippen LogP contribution in [0.1, 0.15) is 25.0 Å². The third kappa shape index (κ3) is 3.86. The van der Waals surface area contributed by atoms with Gasteiger partial charge in [0.1, 0.15) is 5.82 Å². The summed E-state index contributed by atoms with van der Waals surface area (Å²) in [4.78, 5) is 2.31. The second kappa shape index (κ2) is 6.01. The summed E-state index contributed by atoms with van der Waals surface area (Å²) in [7, 11) is 0. The molecule has 4 nitrogen and oxygen atoms in total. The van der Waals surface area contributed by atoms with Gasteiger partial charge in [0.05, 0.1) is 0 Å². The van der Waals surface area contributed by atoms with Crippen molar-refractivity contribution in [3.05, 3.63) is 35.1 Å². The van der Waals surface area contributed by atoms with Gasteiger partial charge in [-0.15, -0.1) is 0 Å². The molecule has 0 bridgehead atoms. The van der Waals surface area contributed by atoms with Crippen molar-refractivity contribution in [2.24, 2.45) is 10.9 Å². The lowest BCUT2D eigenvalue weighted by atomic mass is 10.1. The van der Waals surface area contributed by atoms with Crippen LogP contribution in [-0.4, -0.2) is 39.5 Å². The summed E-state index contributed by atoms with van der Waals surface area (Å²) in [5, 5.41) is 11.6. The summed E-state index contributed by atoms with van der Waals surface area (Å²) >= 11 is 1.96. The van der Waals surface area contributed by atoms with Gasteiger partial charge in [0, 0.05) is 35.7 Å². The molecule has 1 aliphatic rings. The molecule has 2 rings (SSSR count). The maximum Gasteiger partial charge on any atom is 0.170 e. The molecule has 0 aliphatic carbocycles. The number of hydrogen-bond acceptors (Lipinski definition) is 4. The number of benzene rings is 1. The van der Waals surface area contributed by atoms with Crippen molar-refractivity contribution in [3.8, 4) is 0 Å². The number of oxime groups is 1.